The molecule has 2 atom stereocenters. The smallest absolute Gasteiger partial charge is 0.311 e. The molecule has 0 aromatic carbocycles. The molecule has 1 aliphatic rings. The van der Waals surface area contributed by atoms with Gasteiger partial charge in [0.15, 0.2) is 0 Å². The van der Waals surface area contributed by atoms with Crippen molar-refractivity contribution in [3.05, 3.63) is 0 Å². The molecule has 0 aromatic heterocycles. The molecular formula is C12H22O4. The second-order valence-corrected chi connectivity index (χ2v) is 4.94. The summed E-state index contributed by atoms with van der Waals surface area (Å²) < 4.78 is 9.87. The van der Waals surface area contributed by atoms with Crippen LogP contribution in [-0.2, 0) is 14.3 Å². The van der Waals surface area contributed by atoms with Gasteiger partial charge in [0.05, 0.1) is 19.6 Å². The second-order valence-electron chi connectivity index (χ2n) is 4.94. The summed E-state index contributed by atoms with van der Waals surface area (Å²) in [6.07, 6.45) is 1.92. The van der Waals surface area contributed by atoms with Gasteiger partial charge in [0.1, 0.15) is 5.60 Å². The first-order valence-corrected chi connectivity index (χ1v) is 5.76. The van der Waals surface area contributed by atoms with E-state index >= 15 is 0 Å². The number of hydrogen-bond donors (Lipinski definition) is 1. The number of rotatable bonds is 6. The van der Waals surface area contributed by atoms with Crippen molar-refractivity contribution in [2.75, 3.05) is 20.8 Å². The maximum Gasteiger partial charge on any atom is 0.311 e. The lowest BCUT2D eigenvalue weighted by molar-refractivity contribution is -0.168. The number of esters is 1. The third kappa shape index (κ3) is 2.55. The number of hydrogen-bond acceptors (Lipinski definition) is 4. The highest BCUT2D eigenvalue weighted by atomic mass is 16.5. The van der Waals surface area contributed by atoms with Crippen molar-refractivity contribution in [1.29, 1.82) is 0 Å². The number of methoxy groups -OCH3 is 2. The highest BCUT2D eigenvalue weighted by Gasteiger charge is 2.53. The molecule has 0 radical (unpaired) electrons. The van der Waals surface area contributed by atoms with E-state index in [1.807, 2.05) is 13.8 Å². The van der Waals surface area contributed by atoms with Gasteiger partial charge < -0.3 is 14.6 Å². The third-order valence-corrected chi connectivity index (χ3v) is 3.32. The molecule has 0 aromatic rings. The first-order valence-electron chi connectivity index (χ1n) is 5.76. The van der Waals surface area contributed by atoms with E-state index in [1.165, 1.54) is 7.11 Å². The van der Waals surface area contributed by atoms with Crippen LogP contribution < -0.4 is 0 Å². The number of aliphatic hydroxyl groups is 1. The Morgan fingerprint density at radius 2 is 2.00 bits per heavy atom. The van der Waals surface area contributed by atoms with Gasteiger partial charge in [-0.15, -0.1) is 0 Å². The van der Waals surface area contributed by atoms with Crippen LogP contribution in [0.2, 0.25) is 0 Å². The molecule has 16 heavy (non-hydrogen) atoms. The molecule has 1 rings (SSSR count). The maximum atomic E-state index is 11.8. The van der Waals surface area contributed by atoms with E-state index in [0.717, 1.165) is 12.8 Å². The summed E-state index contributed by atoms with van der Waals surface area (Å²) in [5.41, 5.74) is -1.07. The zero-order valence-electron chi connectivity index (χ0n) is 10.5. The van der Waals surface area contributed by atoms with Crippen LogP contribution in [0.25, 0.3) is 0 Å². The molecule has 0 amide bonds. The van der Waals surface area contributed by atoms with Crippen LogP contribution in [0.15, 0.2) is 0 Å². The Labute approximate surface area is 96.9 Å². The lowest BCUT2D eigenvalue weighted by Gasteiger charge is -2.36. The van der Waals surface area contributed by atoms with Gasteiger partial charge in [-0.3, -0.25) is 4.79 Å². The molecule has 0 spiro atoms. The van der Waals surface area contributed by atoms with Crippen LogP contribution in [0, 0.1) is 17.8 Å². The van der Waals surface area contributed by atoms with Crippen molar-refractivity contribution < 1.29 is 19.4 Å². The maximum absolute atomic E-state index is 11.8. The zero-order chi connectivity index (χ0) is 12.3. The molecule has 4 heteroatoms. The minimum absolute atomic E-state index is 0.0354. The topological polar surface area (TPSA) is 55.8 Å². The van der Waals surface area contributed by atoms with Gasteiger partial charge >= 0.3 is 5.97 Å². The average Bonchev–Trinajstić information content (AvgIpc) is 3.00. The standard InChI is InChI=1S/C12H22O4/c1-8(2)10(11(13)16-4)12(14,7-15-3)9-5-6-9/h8-10,14H,5-7H2,1-4H3. The fourth-order valence-corrected chi connectivity index (χ4v) is 2.46. The molecule has 0 aliphatic heterocycles. The monoisotopic (exact) mass is 230 g/mol. The molecule has 1 N–H and O–H groups in total. The van der Waals surface area contributed by atoms with E-state index in [9.17, 15) is 9.90 Å². The quantitative estimate of drug-likeness (QED) is 0.697. The molecule has 1 aliphatic carbocycles. The van der Waals surface area contributed by atoms with Crippen molar-refractivity contribution in [1.82, 2.24) is 0 Å². The van der Waals surface area contributed by atoms with E-state index in [1.54, 1.807) is 7.11 Å². The van der Waals surface area contributed by atoms with Gasteiger partial charge in [-0.1, -0.05) is 13.8 Å². The first kappa shape index (κ1) is 13.5. The van der Waals surface area contributed by atoms with E-state index in [0.29, 0.717) is 0 Å². The summed E-state index contributed by atoms with van der Waals surface area (Å²) in [6.45, 7) is 4.03. The number of carbonyl (C=O) groups is 1. The van der Waals surface area contributed by atoms with Crippen LogP contribution in [-0.4, -0.2) is 37.5 Å². The van der Waals surface area contributed by atoms with Gasteiger partial charge in [-0.2, -0.15) is 0 Å². The van der Waals surface area contributed by atoms with Crippen LogP contribution in [0.5, 0.6) is 0 Å². The Bertz CT molecular complexity index is 247. The van der Waals surface area contributed by atoms with Crippen LogP contribution in [0.1, 0.15) is 26.7 Å². The van der Waals surface area contributed by atoms with E-state index in [2.05, 4.69) is 0 Å². The lowest BCUT2D eigenvalue weighted by atomic mass is 9.77. The molecule has 94 valence electrons. The highest BCUT2D eigenvalue weighted by molar-refractivity contribution is 5.74. The van der Waals surface area contributed by atoms with Crippen molar-refractivity contribution >= 4 is 5.97 Å². The fourth-order valence-electron chi connectivity index (χ4n) is 2.46. The Morgan fingerprint density at radius 3 is 2.31 bits per heavy atom. The summed E-state index contributed by atoms with van der Waals surface area (Å²) in [6, 6.07) is 0. The van der Waals surface area contributed by atoms with Crippen molar-refractivity contribution in [3.63, 3.8) is 0 Å². The van der Waals surface area contributed by atoms with Crippen molar-refractivity contribution in [2.45, 2.75) is 32.3 Å². The fraction of sp³-hybridized carbons (Fsp3) is 0.917. The van der Waals surface area contributed by atoms with E-state index in [4.69, 9.17) is 9.47 Å². The van der Waals surface area contributed by atoms with Gasteiger partial charge in [0.2, 0.25) is 0 Å². The average molecular weight is 230 g/mol. The number of carbonyl (C=O) groups excluding carboxylic acids is 1. The first-order chi connectivity index (χ1) is 7.47. The molecule has 2 unspecified atom stereocenters. The Balaban J connectivity index is 2.91. The largest absolute Gasteiger partial charge is 0.469 e. The minimum Gasteiger partial charge on any atom is -0.469 e. The summed E-state index contributed by atoms with van der Waals surface area (Å²) in [7, 11) is 2.90. The summed E-state index contributed by atoms with van der Waals surface area (Å²) in [5.74, 6) is -0.654. The molecule has 0 heterocycles. The van der Waals surface area contributed by atoms with Gasteiger partial charge in [0.25, 0.3) is 0 Å². The van der Waals surface area contributed by atoms with E-state index in [-0.39, 0.29) is 24.4 Å². The summed E-state index contributed by atoms with van der Waals surface area (Å²) >= 11 is 0. The molecule has 0 saturated heterocycles. The summed E-state index contributed by atoms with van der Waals surface area (Å²) in [5, 5.41) is 10.7. The summed E-state index contributed by atoms with van der Waals surface area (Å²) in [4.78, 5) is 11.8. The van der Waals surface area contributed by atoms with Gasteiger partial charge in [0, 0.05) is 7.11 Å². The molecule has 1 fully saturated rings. The predicted molar refractivity (Wildman–Crippen MR) is 59.9 cm³/mol. The second kappa shape index (κ2) is 5.15. The van der Waals surface area contributed by atoms with Crippen molar-refractivity contribution in [2.24, 2.45) is 17.8 Å². The molecule has 1 saturated carbocycles. The Kier molecular flexibility index (Phi) is 4.33. The normalized spacial score (nSPS) is 21.6. The highest BCUT2D eigenvalue weighted by Crippen LogP contribution is 2.46. The molecule has 0 bridgehead atoms. The lowest BCUT2D eigenvalue weighted by Crippen LogP contribution is -2.50. The predicted octanol–water partition coefficient (Wildman–Crippen LogP) is 1.22. The van der Waals surface area contributed by atoms with Gasteiger partial charge in [-0.25, -0.2) is 0 Å². The third-order valence-electron chi connectivity index (χ3n) is 3.32. The van der Waals surface area contributed by atoms with Gasteiger partial charge in [-0.05, 0) is 24.7 Å². The van der Waals surface area contributed by atoms with Crippen molar-refractivity contribution in [3.8, 4) is 0 Å². The molecular weight excluding hydrogens is 208 g/mol. The van der Waals surface area contributed by atoms with Crippen LogP contribution >= 0.6 is 0 Å². The van der Waals surface area contributed by atoms with Crippen LogP contribution in [0.3, 0.4) is 0 Å². The minimum atomic E-state index is -1.07. The zero-order valence-corrected chi connectivity index (χ0v) is 10.5. The Morgan fingerprint density at radius 1 is 1.44 bits per heavy atom. The SMILES string of the molecule is COCC(O)(C1CC1)C(C(=O)OC)C(C)C. The Hall–Kier alpha value is -0.610. The number of ether oxygens (including phenoxy) is 2. The molecule has 4 nitrogen and oxygen atoms in total. The van der Waals surface area contributed by atoms with Crippen LogP contribution in [0.4, 0.5) is 0 Å². The van der Waals surface area contributed by atoms with E-state index < -0.39 is 11.5 Å².